The van der Waals surface area contributed by atoms with Gasteiger partial charge in [0.25, 0.3) is 0 Å². The van der Waals surface area contributed by atoms with Gasteiger partial charge in [-0.25, -0.2) is 0 Å². The van der Waals surface area contributed by atoms with Gasteiger partial charge in [0.15, 0.2) is 0 Å². The largest absolute Gasteiger partial charge is 0.309 e. The highest BCUT2D eigenvalue weighted by Crippen LogP contribution is 2.37. The van der Waals surface area contributed by atoms with Crippen LogP contribution in [0.2, 0.25) is 0 Å². The smallest absolute Gasteiger partial charge is 0.0443 e. The molecule has 0 saturated heterocycles. The first-order valence-electron chi connectivity index (χ1n) is 7.88. The molecule has 1 atom stereocenters. The van der Waals surface area contributed by atoms with Crippen LogP contribution in [0, 0.1) is 5.92 Å². The van der Waals surface area contributed by atoms with Crippen molar-refractivity contribution in [3.63, 3.8) is 0 Å². The van der Waals surface area contributed by atoms with Crippen molar-refractivity contribution in [3.8, 4) is 0 Å². The number of allylic oxidation sites excluding steroid dienone is 1. The topological polar surface area (TPSA) is 12.0 Å². The minimum Gasteiger partial charge on any atom is -0.309 e. The summed E-state index contributed by atoms with van der Waals surface area (Å²) in [6, 6.07) is 5.13. The van der Waals surface area contributed by atoms with Gasteiger partial charge in [-0.15, -0.1) is 11.3 Å². The Morgan fingerprint density at radius 3 is 2.84 bits per heavy atom. The maximum Gasteiger partial charge on any atom is 0.0443 e. The summed E-state index contributed by atoms with van der Waals surface area (Å²) in [4.78, 5) is 1.55. The van der Waals surface area contributed by atoms with Gasteiger partial charge in [0, 0.05) is 10.9 Å². The quantitative estimate of drug-likeness (QED) is 0.715. The molecule has 2 aliphatic carbocycles. The Balaban J connectivity index is 1.56. The summed E-state index contributed by atoms with van der Waals surface area (Å²) in [5.41, 5.74) is 1.68. The van der Waals surface area contributed by atoms with Crippen molar-refractivity contribution in [1.29, 1.82) is 0 Å². The zero-order chi connectivity index (χ0) is 12.9. The Labute approximate surface area is 121 Å². The molecule has 19 heavy (non-hydrogen) atoms. The van der Waals surface area contributed by atoms with Gasteiger partial charge >= 0.3 is 0 Å². The Bertz CT molecular complexity index is 401. The van der Waals surface area contributed by atoms with E-state index >= 15 is 0 Å². The first kappa shape index (κ1) is 13.4. The van der Waals surface area contributed by atoms with E-state index in [1.54, 1.807) is 10.5 Å². The molecule has 1 fully saturated rings. The molecule has 1 nitrogen and oxygen atoms in total. The van der Waals surface area contributed by atoms with Crippen LogP contribution in [-0.2, 0) is 0 Å². The second-order valence-corrected chi connectivity index (χ2v) is 6.98. The van der Waals surface area contributed by atoms with Crippen molar-refractivity contribution in [2.24, 2.45) is 5.92 Å². The fourth-order valence-electron chi connectivity index (χ4n) is 3.61. The summed E-state index contributed by atoms with van der Waals surface area (Å²) in [5, 5.41) is 6.08. The van der Waals surface area contributed by atoms with Crippen LogP contribution in [0.1, 0.15) is 62.3 Å². The lowest BCUT2D eigenvalue weighted by molar-refractivity contribution is 0.374. The molecule has 1 saturated carbocycles. The SMILES string of the molecule is C1=C(CCNC(c2cccs2)C2CCCC2)CCC1. The van der Waals surface area contributed by atoms with E-state index in [-0.39, 0.29) is 0 Å². The normalized spacial score (nSPS) is 21.8. The molecule has 3 rings (SSSR count). The summed E-state index contributed by atoms with van der Waals surface area (Å²) in [6.07, 6.45) is 13.4. The highest BCUT2D eigenvalue weighted by molar-refractivity contribution is 7.10. The second-order valence-electron chi connectivity index (χ2n) is 6.00. The van der Waals surface area contributed by atoms with Gasteiger partial charge in [-0.3, -0.25) is 0 Å². The summed E-state index contributed by atoms with van der Waals surface area (Å²) in [5.74, 6) is 0.871. The number of hydrogen-bond donors (Lipinski definition) is 1. The number of nitrogens with one attached hydrogen (secondary N) is 1. The molecule has 0 bridgehead atoms. The van der Waals surface area contributed by atoms with E-state index in [1.807, 2.05) is 11.3 Å². The van der Waals surface area contributed by atoms with Crippen molar-refractivity contribution >= 4 is 11.3 Å². The van der Waals surface area contributed by atoms with E-state index in [1.165, 1.54) is 51.4 Å². The van der Waals surface area contributed by atoms with Crippen molar-refractivity contribution < 1.29 is 0 Å². The predicted octanol–water partition coefficient (Wildman–Crippen LogP) is 5.07. The molecule has 1 aromatic rings. The Morgan fingerprint density at radius 1 is 1.26 bits per heavy atom. The third-order valence-electron chi connectivity index (χ3n) is 4.67. The van der Waals surface area contributed by atoms with Crippen LogP contribution in [0.25, 0.3) is 0 Å². The van der Waals surface area contributed by atoms with Crippen LogP contribution in [0.4, 0.5) is 0 Å². The third-order valence-corrected chi connectivity index (χ3v) is 5.62. The number of hydrogen-bond acceptors (Lipinski definition) is 2. The lowest BCUT2D eigenvalue weighted by Gasteiger charge is -2.24. The summed E-state index contributed by atoms with van der Waals surface area (Å²) >= 11 is 1.92. The van der Waals surface area contributed by atoms with Gasteiger partial charge in [0.2, 0.25) is 0 Å². The van der Waals surface area contributed by atoms with E-state index in [9.17, 15) is 0 Å². The maximum atomic E-state index is 3.86. The Morgan fingerprint density at radius 2 is 2.16 bits per heavy atom. The highest BCUT2D eigenvalue weighted by Gasteiger charge is 2.26. The average Bonchev–Trinajstić information content (AvgIpc) is 3.15. The van der Waals surface area contributed by atoms with Crippen LogP contribution in [0.5, 0.6) is 0 Å². The van der Waals surface area contributed by atoms with Gasteiger partial charge in [-0.2, -0.15) is 0 Å². The van der Waals surface area contributed by atoms with E-state index in [0.717, 1.165) is 12.5 Å². The molecule has 2 heteroatoms. The van der Waals surface area contributed by atoms with Crippen LogP contribution >= 0.6 is 11.3 Å². The maximum absolute atomic E-state index is 3.86. The van der Waals surface area contributed by atoms with Gasteiger partial charge in [-0.05, 0) is 62.4 Å². The fraction of sp³-hybridized carbons (Fsp3) is 0.647. The molecule has 1 N–H and O–H groups in total. The molecule has 1 heterocycles. The minimum atomic E-state index is 0.615. The van der Waals surface area contributed by atoms with Crippen molar-refractivity contribution in [1.82, 2.24) is 5.32 Å². The molecule has 2 aliphatic rings. The number of thiophene rings is 1. The molecule has 1 unspecified atom stereocenters. The van der Waals surface area contributed by atoms with E-state index in [4.69, 9.17) is 0 Å². The Kier molecular flexibility index (Phi) is 4.73. The zero-order valence-corrected chi connectivity index (χ0v) is 12.6. The molecule has 0 aromatic carbocycles. The first-order chi connectivity index (χ1) is 9.43. The lowest BCUT2D eigenvalue weighted by Crippen LogP contribution is -2.27. The fourth-order valence-corrected chi connectivity index (χ4v) is 4.50. The monoisotopic (exact) mass is 275 g/mol. The summed E-state index contributed by atoms with van der Waals surface area (Å²) in [7, 11) is 0. The molecular formula is C17H25NS. The van der Waals surface area contributed by atoms with Gasteiger partial charge in [0.05, 0.1) is 0 Å². The molecule has 0 spiro atoms. The van der Waals surface area contributed by atoms with Crippen molar-refractivity contribution in [2.45, 2.75) is 57.4 Å². The van der Waals surface area contributed by atoms with Crippen LogP contribution in [0.15, 0.2) is 29.2 Å². The summed E-state index contributed by atoms with van der Waals surface area (Å²) in [6.45, 7) is 1.16. The molecule has 0 amide bonds. The molecular weight excluding hydrogens is 250 g/mol. The summed E-state index contributed by atoms with van der Waals surface area (Å²) < 4.78 is 0. The minimum absolute atomic E-state index is 0.615. The van der Waals surface area contributed by atoms with Crippen LogP contribution < -0.4 is 5.32 Å². The van der Waals surface area contributed by atoms with Gasteiger partial charge in [-0.1, -0.05) is 30.6 Å². The van der Waals surface area contributed by atoms with E-state index < -0.39 is 0 Å². The lowest BCUT2D eigenvalue weighted by atomic mass is 9.96. The second kappa shape index (κ2) is 6.71. The highest BCUT2D eigenvalue weighted by atomic mass is 32.1. The van der Waals surface area contributed by atoms with Crippen LogP contribution in [0.3, 0.4) is 0 Å². The molecule has 1 aromatic heterocycles. The number of rotatable bonds is 6. The third kappa shape index (κ3) is 3.49. The van der Waals surface area contributed by atoms with E-state index in [2.05, 4.69) is 28.9 Å². The molecule has 104 valence electrons. The molecule has 0 aliphatic heterocycles. The average molecular weight is 275 g/mol. The zero-order valence-electron chi connectivity index (χ0n) is 11.7. The Hall–Kier alpha value is -0.600. The van der Waals surface area contributed by atoms with Crippen LogP contribution in [-0.4, -0.2) is 6.54 Å². The predicted molar refractivity (Wildman–Crippen MR) is 83.6 cm³/mol. The van der Waals surface area contributed by atoms with E-state index in [0.29, 0.717) is 6.04 Å². The first-order valence-corrected chi connectivity index (χ1v) is 8.76. The van der Waals surface area contributed by atoms with Gasteiger partial charge < -0.3 is 5.32 Å². The van der Waals surface area contributed by atoms with Crippen molar-refractivity contribution in [2.75, 3.05) is 6.54 Å². The van der Waals surface area contributed by atoms with Crippen molar-refractivity contribution in [3.05, 3.63) is 34.0 Å². The standard InChI is InChI=1S/C17H25NS/c1-2-7-14(6-1)11-12-18-17(15-8-3-4-9-15)16-10-5-13-19-16/h5-6,10,13,15,17-18H,1-4,7-9,11-12H2. The van der Waals surface area contributed by atoms with Gasteiger partial charge in [0.1, 0.15) is 0 Å². The molecule has 0 radical (unpaired) electrons.